The predicted molar refractivity (Wildman–Crippen MR) is 100 cm³/mol. The van der Waals surface area contributed by atoms with E-state index in [-0.39, 0.29) is 31.4 Å². The molecule has 8 nitrogen and oxygen atoms in total. The van der Waals surface area contributed by atoms with E-state index in [9.17, 15) is 14.7 Å². The Hall–Kier alpha value is -3.42. The molecule has 28 heavy (non-hydrogen) atoms. The minimum atomic E-state index is -0.748. The molecule has 0 spiro atoms. The van der Waals surface area contributed by atoms with Gasteiger partial charge in [0.15, 0.2) is 0 Å². The average Bonchev–Trinajstić information content (AvgIpc) is 3.06. The molecular weight excluding hydrogens is 364 g/mol. The molecule has 1 atom stereocenters. The first-order chi connectivity index (χ1) is 13.5. The van der Waals surface area contributed by atoms with Gasteiger partial charge in [-0.1, -0.05) is 12.1 Å². The van der Waals surface area contributed by atoms with E-state index in [1.807, 2.05) is 0 Å². The summed E-state index contributed by atoms with van der Waals surface area (Å²) in [5.74, 6) is 1.01. The number of phenols is 1. The normalized spacial score (nSPS) is 15.9. The summed E-state index contributed by atoms with van der Waals surface area (Å²) >= 11 is 0. The first kappa shape index (κ1) is 19.3. The number of carbonyl (C=O) groups is 2. The Morgan fingerprint density at radius 2 is 1.89 bits per heavy atom. The summed E-state index contributed by atoms with van der Waals surface area (Å²) in [7, 11) is 3.11. The second-order valence-electron chi connectivity index (χ2n) is 6.33. The number of ether oxygens (including phenoxy) is 3. The molecule has 1 aliphatic rings. The van der Waals surface area contributed by atoms with Crippen LogP contribution in [0.4, 0.5) is 4.79 Å². The molecule has 2 aromatic rings. The van der Waals surface area contributed by atoms with E-state index in [1.165, 1.54) is 4.90 Å². The Morgan fingerprint density at radius 1 is 1.18 bits per heavy atom. The van der Waals surface area contributed by atoms with Gasteiger partial charge in [-0.25, -0.2) is 4.79 Å². The molecule has 1 aliphatic heterocycles. The smallest absolute Gasteiger partial charge is 0.410 e. The molecule has 148 valence electrons. The number of cyclic esters (lactones) is 1. The van der Waals surface area contributed by atoms with E-state index in [0.717, 1.165) is 5.56 Å². The van der Waals surface area contributed by atoms with E-state index in [2.05, 4.69) is 5.32 Å². The van der Waals surface area contributed by atoms with Gasteiger partial charge < -0.3 is 24.6 Å². The van der Waals surface area contributed by atoms with Crippen molar-refractivity contribution in [1.29, 1.82) is 0 Å². The Morgan fingerprint density at radius 3 is 2.54 bits per heavy atom. The highest BCUT2D eigenvalue weighted by Gasteiger charge is 2.37. The summed E-state index contributed by atoms with van der Waals surface area (Å²) in [6.07, 6.45) is -0.563. The van der Waals surface area contributed by atoms with Gasteiger partial charge in [0.2, 0.25) is 5.91 Å². The van der Waals surface area contributed by atoms with E-state index >= 15 is 0 Å². The lowest BCUT2D eigenvalue weighted by molar-refractivity contribution is -0.125. The average molecular weight is 386 g/mol. The first-order valence-electron chi connectivity index (χ1n) is 8.71. The maximum atomic E-state index is 12.6. The molecule has 1 fully saturated rings. The molecule has 0 radical (unpaired) electrons. The Kier molecular flexibility index (Phi) is 5.88. The number of nitrogens with one attached hydrogen (secondary N) is 1. The second-order valence-corrected chi connectivity index (χ2v) is 6.33. The second kappa shape index (κ2) is 8.51. The van der Waals surface area contributed by atoms with E-state index in [1.54, 1.807) is 56.7 Å². The molecule has 2 N–H and O–H groups in total. The van der Waals surface area contributed by atoms with Crippen molar-refractivity contribution < 1.29 is 28.9 Å². The van der Waals surface area contributed by atoms with Gasteiger partial charge in [0.1, 0.15) is 29.9 Å². The Bertz CT molecular complexity index is 847. The van der Waals surface area contributed by atoms with Gasteiger partial charge in [0.05, 0.1) is 20.8 Å². The lowest BCUT2D eigenvalue weighted by atomic mass is 10.1. The highest BCUT2D eigenvalue weighted by molar-refractivity contribution is 5.87. The molecule has 0 bridgehead atoms. The zero-order chi connectivity index (χ0) is 20.1. The van der Waals surface area contributed by atoms with Gasteiger partial charge >= 0.3 is 6.09 Å². The zero-order valence-corrected chi connectivity index (χ0v) is 15.7. The number of hydrogen-bond acceptors (Lipinski definition) is 6. The van der Waals surface area contributed by atoms with Crippen LogP contribution < -0.4 is 14.8 Å². The zero-order valence-electron chi connectivity index (χ0n) is 15.7. The molecule has 1 heterocycles. The van der Waals surface area contributed by atoms with Crippen molar-refractivity contribution >= 4 is 12.0 Å². The lowest BCUT2D eigenvalue weighted by Crippen LogP contribution is -2.45. The van der Waals surface area contributed by atoms with Gasteiger partial charge in [-0.3, -0.25) is 9.69 Å². The predicted octanol–water partition coefficient (Wildman–Crippen LogP) is 2.05. The highest BCUT2D eigenvalue weighted by atomic mass is 16.6. The number of amides is 2. The number of hydrogen-bond donors (Lipinski definition) is 2. The number of methoxy groups -OCH3 is 2. The van der Waals surface area contributed by atoms with Crippen LogP contribution in [0.2, 0.25) is 0 Å². The fourth-order valence-electron chi connectivity index (χ4n) is 2.97. The summed E-state index contributed by atoms with van der Waals surface area (Å²) in [6.45, 7) is 0.389. The van der Waals surface area contributed by atoms with Crippen LogP contribution in [0.1, 0.15) is 11.1 Å². The summed E-state index contributed by atoms with van der Waals surface area (Å²) in [5, 5.41) is 12.4. The van der Waals surface area contributed by atoms with Crippen molar-refractivity contribution in [2.24, 2.45) is 0 Å². The van der Waals surface area contributed by atoms with Crippen LogP contribution in [0, 0.1) is 0 Å². The van der Waals surface area contributed by atoms with Crippen molar-refractivity contribution in [3.63, 3.8) is 0 Å². The summed E-state index contributed by atoms with van der Waals surface area (Å²) in [4.78, 5) is 26.0. The summed E-state index contributed by atoms with van der Waals surface area (Å²) in [5.41, 5.74) is 1.50. The number of aromatic hydroxyl groups is 1. The molecule has 2 aromatic carbocycles. The van der Waals surface area contributed by atoms with Gasteiger partial charge in [-0.15, -0.1) is 0 Å². The van der Waals surface area contributed by atoms with Crippen LogP contribution in [0.3, 0.4) is 0 Å². The topological polar surface area (TPSA) is 97.3 Å². The number of carbonyl (C=O) groups excluding carboxylic acids is 2. The Labute approximate surface area is 162 Å². The fraction of sp³-hybridized carbons (Fsp3) is 0.300. The van der Waals surface area contributed by atoms with Gasteiger partial charge in [-0.2, -0.15) is 0 Å². The van der Waals surface area contributed by atoms with Crippen LogP contribution in [0.5, 0.6) is 17.2 Å². The molecule has 8 heteroatoms. The van der Waals surface area contributed by atoms with E-state index in [4.69, 9.17) is 14.2 Å². The van der Waals surface area contributed by atoms with Crippen molar-refractivity contribution in [2.75, 3.05) is 20.8 Å². The molecule has 2 amide bonds. The number of benzene rings is 2. The Balaban J connectivity index is 1.66. The van der Waals surface area contributed by atoms with Crippen molar-refractivity contribution in [3.8, 4) is 17.2 Å². The van der Waals surface area contributed by atoms with Crippen molar-refractivity contribution in [1.82, 2.24) is 10.2 Å². The van der Waals surface area contributed by atoms with Crippen LogP contribution in [-0.4, -0.2) is 48.9 Å². The molecular formula is C20H22N2O6. The monoisotopic (exact) mass is 386 g/mol. The van der Waals surface area contributed by atoms with Crippen molar-refractivity contribution in [2.45, 2.75) is 19.1 Å². The van der Waals surface area contributed by atoms with Crippen LogP contribution in [-0.2, 0) is 22.6 Å². The number of rotatable bonds is 7. The number of phenolic OH excluding ortho intramolecular Hbond substituents is 1. The third kappa shape index (κ3) is 4.46. The quantitative estimate of drug-likeness (QED) is 0.756. The maximum absolute atomic E-state index is 12.6. The van der Waals surface area contributed by atoms with E-state index < -0.39 is 12.1 Å². The minimum Gasteiger partial charge on any atom is -0.508 e. The molecule has 0 unspecified atom stereocenters. The molecule has 0 aliphatic carbocycles. The SMILES string of the molecule is COc1cc(CNC(=O)[C@@H]2COC(=O)N2Cc2cccc(O)c2)cc(OC)c1. The van der Waals surface area contributed by atoms with Crippen LogP contribution in [0.15, 0.2) is 42.5 Å². The molecule has 3 rings (SSSR count). The molecule has 0 aromatic heterocycles. The fourth-order valence-corrected chi connectivity index (χ4v) is 2.97. The highest BCUT2D eigenvalue weighted by Crippen LogP contribution is 2.23. The van der Waals surface area contributed by atoms with Crippen LogP contribution >= 0.6 is 0 Å². The van der Waals surface area contributed by atoms with Crippen molar-refractivity contribution in [3.05, 3.63) is 53.6 Å². The largest absolute Gasteiger partial charge is 0.508 e. The summed E-state index contributed by atoms with van der Waals surface area (Å²) < 4.78 is 15.5. The van der Waals surface area contributed by atoms with Gasteiger partial charge in [0.25, 0.3) is 0 Å². The third-order valence-electron chi connectivity index (χ3n) is 4.42. The molecule has 0 saturated carbocycles. The molecule has 1 saturated heterocycles. The van der Waals surface area contributed by atoms with Crippen LogP contribution in [0.25, 0.3) is 0 Å². The minimum absolute atomic E-state index is 0.0229. The van der Waals surface area contributed by atoms with Gasteiger partial charge in [0, 0.05) is 12.6 Å². The van der Waals surface area contributed by atoms with Gasteiger partial charge in [-0.05, 0) is 35.4 Å². The van der Waals surface area contributed by atoms with E-state index in [0.29, 0.717) is 17.1 Å². The maximum Gasteiger partial charge on any atom is 0.410 e. The lowest BCUT2D eigenvalue weighted by Gasteiger charge is -2.21. The summed E-state index contributed by atoms with van der Waals surface area (Å²) in [6, 6.07) is 11.1. The first-order valence-corrected chi connectivity index (χ1v) is 8.71. The third-order valence-corrected chi connectivity index (χ3v) is 4.42. The standard InChI is InChI=1S/C20H22N2O6/c1-26-16-7-14(8-17(9-16)27-2)10-21-19(24)18-12-28-20(25)22(18)11-13-4-3-5-15(23)6-13/h3-9,18,23H,10-12H2,1-2H3,(H,21,24)/t18-/m0/s1. The number of nitrogens with zero attached hydrogens (tertiary/aromatic N) is 1.